The molecule has 4 N–H and O–H groups in total. The fourth-order valence-corrected chi connectivity index (χ4v) is 6.98. The zero-order chi connectivity index (χ0) is 40.1. The predicted molar refractivity (Wildman–Crippen MR) is 245 cm³/mol. The average molecular weight is 727 g/mol. The second-order valence-corrected chi connectivity index (χ2v) is 13.4. The van der Waals surface area contributed by atoms with Crippen molar-refractivity contribution in [2.45, 2.75) is 65.2 Å². The minimum atomic E-state index is -0.407. The van der Waals surface area contributed by atoms with Gasteiger partial charge in [-0.15, -0.1) is 13.2 Å². The zero-order valence-corrected chi connectivity index (χ0v) is 33.7. The minimum Gasteiger partial charge on any atom is -0.405 e. The lowest BCUT2D eigenvalue weighted by molar-refractivity contribution is 0.646. The molecule has 2 unspecified atom stereocenters. The zero-order valence-electron chi connectivity index (χ0n) is 33.7. The third-order valence-electron chi connectivity index (χ3n) is 9.85. The van der Waals surface area contributed by atoms with Gasteiger partial charge in [-0.3, -0.25) is 0 Å². The van der Waals surface area contributed by atoms with Gasteiger partial charge in [0, 0.05) is 5.69 Å². The molecule has 1 aliphatic rings. The van der Waals surface area contributed by atoms with Crippen LogP contribution in [0, 0.1) is 5.92 Å². The van der Waals surface area contributed by atoms with E-state index in [0.717, 1.165) is 42.5 Å². The summed E-state index contributed by atoms with van der Waals surface area (Å²) in [4.78, 5) is 0. The Morgan fingerprint density at radius 2 is 1.38 bits per heavy atom. The van der Waals surface area contributed by atoms with E-state index in [1.165, 1.54) is 50.6 Å². The molecule has 5 aromatic rings. The Hall–Kier alpha value is -5.86. The van der Waals surface area contributed by atoms with Gasteiger partial charge in [-0.05, 0) is 106 Å². The molecule has 0 heterocycles. The van der Waals surface area contributed by atoms with Crippen molar-refractivity contribution in [1.82, 2.24) is 0 Å². The third-order valence-corrected chi connectivity index (χ3v) is 9.85. The second kappa shape index (κ2) is 23.0. The first-order chi connectivity index (χ1) is 26.9. The first kappa shape index (κ1) is 43.5. The molecule has 0 saturated carbocycles. The highest BCUT2D eigenvalue weighted by Crippen LogP contribution is 2.57. The topological polar surface area (TPSA) is 52.0 Å². The van der Waals surface area contributed by atoms with Gasteiger partial charge in [0.15, 0.2) is 0 Å². The third kappa shape index (κ3) is 11.3. The predicted octanol–water partition coefficient (Wildman–Crippen LogP) is 14.2. The van der Waals surface area contributed by atoms with Crippen molar-refractivity contribution in [1.29, 1.82) is 0 Å². The van der Waals surface area contributed by atoms with Crippen LogP contribution in [0.2, 0.25) is 0 Å². The number of nitrogens with two attached hydrogens (primary N) is 2. The van der Waals surface area contributed by atoms with Gasteiger partial charge in [0.05, 0.1) is 5.41 Å². The first-order valence-corrected chi connectivity index (χ1v) is 19.6. The maximum atomic E-state index is 6.86. The van der Waals surface area contributed by atoms with Crippen LogP contribution in [-0.4, -0.2) is 0 Å². The molecule has 1 aliphatic carbocycles. The Balaban J connectivity index is 0.000000658. The summed E-state index contributed by atoms with van der Waals surface area (Å²) in [7, 11) is 0. The van der Waals surface area contributed by atoms with Crippen LogP contribution < -0.4 is 11.5 Å². The lowest BCUT2D eigenvalue weighted by Crippen LogP contribution is -2.27. The molecule has 0 spiro atoms. The molecule has 5 aromatic carbocycles. The summed E-state index contributed by atoms with van der Waals surface area (Å²) in [5.74, 6) is 0.644. The van der Waals surface area contributed by atoms with Crippen LogP contribution in [0.1, 0.15) is 81.2 Å². The lowest BCUT2D eigenvalue weighted by atomic mass is 9.69. The average Bonchev–Trinajstić information content (AvgIpc) is 3.49. The molecule has 6 rings (SSSR count). The van der Waals surface area contributed by atoms with E-state index < -0.39 is 5.41 Å². The molecule has 2 heteroatoms. The largest absolute Gasteiger partial charge is 0.405 e. The lowest BCUT2D eigenvalue weighted by Gasteiger charge is -2.33. The summed E-state index contributed by atoms with van der Waals surface area (Å²) >= 11 is 0. The standard InChI is InChI=1S/C43H39N.C6H13N.C2H6.C2H4/c1-3-4-5-8-17-32(2)18-9-7-16-27-43(39-23-14-15-24-42(39)44)40-29-34(28-33-19-10-6-11-20-33)25-26-37(40)38-30-35-21-12-13-22-36(35)31-41(38)43;1-3-6(2)4-5-7;2*1-2/h3-8,10-17,19-26,29-31H,1-2,9,18,27-28,44H2;4-6H,3,7H2,1-2H3;1-2H3;1-2H2/b5-4-,16-7-,17-8-;5-4-;;. The normalized spacial score (nSPS) is 14.7. The van der Waals surface area contributed by atoms with Crippen LogP contribution in [0.3, 0.4) is 0 Å². The minimum absolute atomic E-state index is 0.407. The fourth-order valence-electron chi connectivity index (χ4n) is 6.98. The van der Waals surface area contributed by atoms with Crippen LogP contribution in [0.4, 0.5) is 5.69 Å². The van der Waals surface area contributed by atoms with Crippen molar-refractivity contribution in [2.75, 3.05) is 5.73 Å². The van der Waals surface area contributed by atoms with Crippen molar-refractivity contribution in [3.05, 3.63) is 224 Å². The van der Waals surface area contributed by atoms with Crippen LogP contribution in [-0.2, 0) is 11.8 Å². The fraction of sp³-hybridized carbons (Fsp3) is 0.208. The van der Waals surface area contributed by atoms with Crippen molar-refractivity contribution < 1.29 is 0 Å². The van der Waals surface area contributed by atoms with E-state index >= 15 is 0 Å². The van der Waals surface area contributed by atoms with E-state index in [-0.39, 0.29) is 0 Å². The number of nitrogen functional groups attached to an aromatic ring is 1. The van der Waals surface area contributed by atoms with Crippen molar-refractivity contribution in [2.24, 2.45) is 11.7 Å². The van der Waals surface area contributed by atoms with E-state index in [1.807, 2.05) is 50.3 Å². The SMILES string of the molecule is C=C.C=C/C=C\C=C/C(=C)CC/C=C\CC1(c2ccccc2N)c2cc(Cc3ccccc3)ccc2-c2cc3ccccc3cc21.CC.CCC(C)/C=C\N. The number of allylic oxidation sites excluding steroid dienone is 9. The van der Waals surface area contributed by atoms with Gasteiger partial charge in [0.1, 0.15) is 0 Å². The molecule has 0 saturated heterocycles. The van der Waals surface area contributed by atoms with Gasteiger partial charge < -0.3 is 11.5 Å². The second-order valence-electron chi connectivity index (χ2n) is 13.4. The van der Waals surface area contributed by atoms with Crippen LogP contribution in [0.25, 0.3) is 21.9 Å². The maximum Gasteiger partial charge on any atom is 0.0518 e. The number of para-hydroxylation sites is 1. The number of rotatable bonds is 13. The molecule has 0 radical (unpaired) electrons. The molecular formula is C53H62N2. The Kier molecular flexibility index (Phi) is 18.2. The molecule has 0 aromatic heterocycles. The van der Waals surface area contributed by atoms with E-state index in [4.69, 9.17) is 11.5 Å². The van der Waals surface area contributed by atoms with E-state index in [0.29, 0.717) is 5.92 Å². The summed E-state index contributed by atoms with van der Waals surface area (Å²) in [6, 6.07) is 39.7. The molecule has 0 amide bonds. The van der Waals surface area contributed by atoms with Gasteiger partial charge in [-0.25, -0.2) is 0 Å². The monoisotopic (exact) mass is 726 g/mol. The molecule has 284 valence electrons. The smallest absolute Gasteiger partial charge is 0.0518 e. The molecule has 0 fully saturated rings. The van der Waals surface area contributed by atoms with E-state index in [2.05, 4.69) is 155 Å². The van der Waals surface area contributed by atoms with Crippen molar-refractivity contribution in [3.8, 4) is 11.1 Å². The summed E-state index contributed by atoms with van der Waals surface area (Å²) in [6.45, 7) is 22.2. The Morgan fingerprint density at radius 1 is 0.727 bits per heavy atom. The van der Waals surface area contributed by atoms with Gasteiger partial charge in [-0.2, -0.15) is 0 Å². The Labute approximate surface area is 332 Å². The molecule has 55 heavy (non-hydrogen) atoms. The summed E-state index contributed by atoms with van der Waals surface area (Å²) in [5, 5.41) is 2.51. The maximum absolute atomic E-state index is 6.86. The molecule has 2 nitrogen and oxygen atoms in total. The summed E-state index contributed by atoms with van der Waals surface area (Å²) < 4.78 is 0. The summed E-state index contributed by atoms with van der Waals surface area (Å²) in [5.41, 5.74) is 22.6. The number of benzene rings is 5. The molecule has 0 bridgehead atoms. The highest BCUT2D eigenvalue weighted by Gasteiger charge is 2.45. The number of hydrogen-bond acceptors (Lipinski definition) is 2. The molecular weight excluding hydrogens is 665 g/mol. The van der Waals surface area contributed by atoms with Crippen molar-refractivity contribution in [3.63, 3.8) is 0 Å². The highest BCUT2D eigenvalue weighted by molar-refractivity contribution is 5.95. The van der Waals surface area contributed by atoms with Gasteiger partial charge in [0.2, 0.25) is 0 Å². The van der Waals surface area contributed by atoms with Gasteiger partial charge in [0.25, 0.3) is 0 Å². The van der Waals surface area contributed by atoms with Crippen LogP contribution >= 0.6 is 0 Å². The Bertz CT molecular complexity index is 2080. The van der Waals surface area contributed by atoms with Gasteiger partial charge in [-0.1, -0.05) is 192 Å². The molecule has 0 aliphatic heterocycles. The first-order valence-electron chi connectivity index (χ1n) is 19.6. The van der Waals surface area contributed by atoms with E-state index in [1.54, 1.807) is 12.3 Å². The quantitative estimate of drug-likeness (QED) is 0.0721. The van der Waals surface area contributed by atoms with Crippen LogP contribution in [0.5, 0.6) is 0 Å². The highest BCUT2D eigenvalue weighted by atomic mass is 14.6. The van der Waals surface area contributed by atoms with Crippen LogP contribution in [0.15, 0.2) is 196 Å². The molecule has 2 atom stereocenters. The number of anilines is 1. The number of fused-ring (bicyclic) bond motifs is 4. The van der Waals surface area contributed by atoms with Gasteiger partial charge >= 0.3 is 0 Å². The van der Waals surface area contributed by atoms with E-state index in [9.17, 15) is 0 Å². The number of hydrogen-bond donors (Lipinski definition) is 2. The summed E-state index contributed by atoms with van der Waals surface area (Å²) in [6.07, 6.45) is 22.8. The Morgan fingerprint density at radius 3 is 2.04 bits per heavy atom. The van der Waals surface area contributed by atoms with Crippen molar-refractivity contribution >= 4 is 16.5 Å².